The van der Waals surface area contributed by atoms with E-state index in [4.69, 9.17) is 4.74 Å². The highest BCUT2D eigenvalue weighted by atomic mass is 32.2. The number of ether oxygens (including phenoxy) is 1. The van der Waals surface area contributed by atoms with Crippen molar-refractivity contribution < 1.29 is 14.6 Å². The second kappa shape index (κ2) is 7.98. The van der Waals surface area contributed by atoms with Crippen molar-refractivity contribution in [3.05, 3.63) is 30.1 Å². The molecule has 0 unspecified atom stereocenters. The number of methoxy groups -OCH3 is 1. The van der Waals surface area contributed by atoms with Crippen LogP contribution in [0.15, 0.2) is 29.4 Å². The number of carbonyl (C=O) groups is 1. The second-order valence-corrected chi connectivity index (χ2v) is 6.02. The van der Waals surface area contributed by atoms with Crippen LogP contribution < -0.4 is 10.1 Å². The molecule has 0 saturated carbocycles. The number of nitrogens with one attached hydrogen (secondary N) is 1. The second-order valence-electron chi connectivity index (χ2n) is 5.08. The number of thioether (sulfide) groups is 1. The summed E-state index contributed by atoms with van der Waals surface area (Å²) in [6.07, 6.45) is -0.0450. The lowest BCUT2D eigenvalue weighted by atomic mass is 10.3. The minimum Gasteiger partial charge on any atom is -0.497 e. The summed E-state index contributed by atoms with van der Waals surface area (Å²) in [6.45, 7) is 1.70. The molecule has 8 heteroatoms. The van der Waals surface area contributed by atoms with Gasteiger partial charge >= 0.3 is 0 Å². The highest BCUT2D eigenvalue weighted by Crippen LogP contribution is 2.18. The fourth-order valence-electron chi connectivity index (χ4n) is 1.91. The smallest absolute Gasteiger partial charge is 0.234 e. The average Bonchev–Trinajstić information content (AvgIpc) is 2.86. The average molecular weight is 336 g/mol. The third kappa shape index (κ3) is 4.97. The van der Waals surface area contributed by atoms with Gasteiger partial charge in [-0.3, -0.25) is 4.79 Å². The van der Waals surface area contributed by atoms with Gasteiger partial charge in [0, 0.05) is 19.2 Å². The predicted molar refractivity (Wildman–Crippen MR) is 88.7 cm³/mol. The highest BCUT2D eigenvalue weighted by Gasteiger charge is 2.13. The van der Waals surface area contributed by atoms with Crippen molar-refractivity contribution in [1.29, 1.82) is 0 Å². The Kier molecular flexibility index (Phi) is 6.00. The van der Waals surface area contributed by atoms with Crippen LogP contribution in [0, 0.1) is 0 Å². The molecule has 124 valence electrons. The van der Waals surface area contributed by atoms with Crippen LogP contribution in [-0.4, -0.2) is 44.7 Å². The maximum Gasteiger partial charge on any atom is 0.234 e. The first-order valence-electron chi connectivity index (χ1n) is 7.12. The van der Waals surface area contributed by atoms with Gasteiger partial charge in [-0.2, -0.15) is 0 Å². The maximum absolute atomic E-state index is 12.0. The molecule has 0 saturated heterocycles. The lowest BCUT2D eigenvalue weighted by Crippen LogP contribution is -2.14. The zero-order valence-electron chi connectivity index (χ0n) is 13.3. The molecule has 23 heavy (non-hydrogen) atoms. The molecule has 0 spiro atoms. The summed E-state index contributed by atoms with van der Waals surface area (Å²) in [5.41, 5.74) is 0.712. The fourth-order valence-corrected chi connectivity index (χ4v) is 2.64. The van der Waals surface area contributed by atoms with Crippen molar-refractivity contribution in [3.63, 3.8) is 0 Å². The van der Waals surface area contributed by atoms with E-state index < -0.39 is 6.10 Å². The lowest BCUT2D eigenvalue weighted by Gasteiger charge is -2.07. The van der Waals surface area contributed by atoms with Crippen LogP contribution in [0.25, 0.3) is 0 Å². The molecule has 1 amide bonds. The van der Waals surface area contributed by atoms with Crippen molar-refractivity contribution in [3.8, 4) is 5.75 Å². The van der Waals surface area contributed by atoms with Gasteiger partial charge in [0.15, 0.2) is 5.16 Å². The third-order valence-electron chi connectivity index (χ3n) is 3.11. The maximum atomic E-state index is 12.0. The summed E-state index contributed by atoms with van der Waals surface area (Å²) in [6, 6.07) is 7.14. The summed E-state index contributed by atoms with van der Waals surface area (Å²) in [5.74, 6) is 1.53. The number of benzene rings is 1. The van der Waals surface area contributed by atoms with Gasteiger partial charge in [-0.25, -0.2) is 0 Å². The molecule has 2 aromatic rings. The molecule has 1 atom stereocenters. The quantitative estimate of drug-likeness (QED) is 0.745. The largest absolute Gasteiger partial charge is 0.497 e. The summed E-state index contributed by atoms with van der Waals surface area (Å²) in [5, 5.41) is 20.9. The van der Waals surface area contributed by atoms with Crippen LogP contribution in [0.2, 0.25) is 0 Å². The SMILES string of the molecule is COc1ccc(NC(=O)CSc2nnc(C[C@@H](C)O)n2C)cc1. The van der Waals surface area contributed by atoms with Gasteiger partial charge < -0.3 is 19.7 Å². The molecular weight excluding hydrogens is 316 g/mol. The number of aromatic nitrogens is 3. The van der Waals surface area contributed by atoms with Crippen LogP contribution >= 0.6 is 11.8 Å². The minimum atomic E-state index is -0.478. The molecule has 0 aliphatic carbocycles. The standard InChI is InChI=1S/C15H20N4O3S/c1-10(20)8-13-17-18-15(19(13)2)23-9-14(21)16-11-4-6-12(22-3)7-5-11/h4-7,10,20H,8-9H2,1-3H3,(H,16,21)/t10-/m1/s1. The molecule has 0 aliphatic heterocycles. The summed E-state index contributed by atoms with van der Waals surface area (Å²) in [4.78, 5) is 12.0. The Hall–Kier alpha value is -2.06. The van der Waals surface area contributed by atoms with Crippen LogP contribution in [-0.2, 0) is 18.3 Å². The number of aliphatic hydroxyl groups excluding tert-OH is 1. The summed E-state index contributed by atoms with van der Waals surface area (Å²) in [7, 11) is 3.42. The number of aliphatic hydroxyl groups is 1. The molecule has 2 N–H and O–H groups in total. The minimum absolute atomic E-state index is 0.125. The molecular formula is C15H20N4O3S. The topological polar surface area (TPSA) is 89.3 Å². The van der Waals surface area contributed by atoms with E-state index in [0.717, 1.165) is 5.75 Å². The molecule has 1 aromatic heterocycles. The van der Waals surface area contributed by atoms with E-state index in [1.165, 1.54) is 11.8 Å². The molecule has 0 fully saturated rings. The molecule has 7 nitrogen and oxygen atoms in total. The van der Waals surface area contributed by atoms with E-state index in [-0.39, 0.29) is 11.7 Å². The van der Waals surface area contributed by atoms with Gasteiger partial charge in [-0.1, -0.05) is 11.8 Å². The monoisotopic (exact) mass is 336 g/mol. The summed E-state index contributed by atoms with van der Waals surface area (Å²) >= 11 is 1.30. The normalized spacial score (nSPS) is 12.0. The Morgan fingerprint density at radius 3 is 2.70 bits per heavy atom. The fraction of sp³-hybridized carbons (Fsp3) is 0.400. The van der Waals surface area contributed by atoms with E-state index in [9.17, 15) is 9.90 Å². The number of nitrogens with zero attached hydrogens (tertiary/aromatic N) is 3. The first-order valence-corrected chi connectivity index (χ1v) is 8.11. The Balaban J connectivity index is 1.87. The zero-order chi connectivity index (χ0) is 16.8. The van der Waals surface area contributed by atoms with E-state index in [1.807, 2.05) is 7.05 Å². The number of anilines is 1. The van der Waals surface area contributed by atoms with E-state index >= 15 is 0 Å². The van der Waals surface area contributed by atoms with Gasteiger partial charge in [0.05, 0.1) is 19.0 Å². The van der Waals surface area contributed by atoms with Gasteiger partial charge in [-0.15, -0.1) is 10.2 Å². The zero-order valence-corrected chi connectivity index (χ0v) is 14.1. The third-order valence-corrected chi connectivity index (χ3v) is 4.13. The highest BCUT2D eigenvalue weighted by molar-refractivity contribution is 7.99. The Bertz CT molecular complexity index is 655. The van der Waals surface area contributed by atoms with Crippen molar-refractivity contribution in [2.24, 2.45) is 7.05 Å². The van der Waals surface area contributed by atoms with Gasteiger partial charge in [0.25, 0.3) is 0 Å². The molecule has 0 radical (unpaired) electrons. The first kappa shape index (κ1) is 17.3. The summed E-state index contributed by atoms with van der Waals surface area (Å²) < 4.78 is 6.86. The number of amides is 1. The van der Waals surface area contributed by atoms with Crippen molar-refractivity contribution in [1.82, 2.24) is 14.8 Å². The van der Waals surface area contributed by atoms with E-state index in [1.54, 1.807) is 42.9 Å². The van der Waals surface area contributed by atoms with Crippen LogP contribution in [0.4, 0.5) is 5.69 Å². The molecule has 1 heterocycles. The van der Waals surface area contributed by atoms with Crippen molar-refractivity contribution in [2.45, 2.75) is 24.6 Å². The number of rotatable bonds is 7. The van der Waals surface area contributed by atoms with Gasteiger partial charge in [0.2, 0.25) is 5.91 Å². The van der Waals surface area contributed by atoms with Crippen LogP contribution in [0.5, 0.6) is 5.75 Å². The van der Waals surface area contributed by atoms with Crippen molar-refractivity contribution in [2.75, 3.05) is 18.2 Å². The number of hydrogen-bond donors (Lipinski definition) is 2. The van der Waals surface area contributed by atoms with Gasteiger partial charge in [0.1, 0.15) is 11.6 Å². The van der Waals surface area contributed by atoms with Gasteiger partial charge in [-0.05, 0) is 31.2 Å². The number of carbonyl (C=O) groups excluding carboxylic acids is 1. The van der Waals surface area contributed by atoms with Crippen molar-refractivity contribution >= 4 is 23.4 Å². The molecule has 2 rings (SSSR count). The predicted octanol–water partition coefficient (Wildman–Crippen LogP) is 1.48. The Morgan fingerprint density at radius 1 is 1.39 bits per heavy atom. The lowest BCUT2D eigenvalue weighted by molar-refractivity contribution is -0.113. The van der Waals surface area contributed by atoms with Crippen LogP contribution in [0.3, 0.4) is 0 Å². The number of hydrogen-bond acceptors (Lipinski definition) is 6. The molecule has 1 aromatic carbocycles. The van der Waals surface area contributed by atoms with E-state index in [0.29, 0.717) is 23.1 Å². The first-order chi connectivity index (χ1) is 11.0. The molecule has 0 aliphatic rings. The Morgan fingerprint density at radius 2 is 2.09 bits per heavy atom. The Labute approximate surface area is 139 Å². The van der Waals surface area contributed by atoms with Crippen LogP contribution in [0.1, 0.15) is 12.7 Å². The van der Waals surface area contributed by atoms with E-state index in [2.05, 4.69) is 15.5 Å². The molecule has 0 bridgehead atoms.